The molecule has 13 heavy (non-hydrogen) atoms. The summed E-state index contributed by atoms with van der Waals surface area (Å²) in [5.41, 5.74) is 0. The predicted octanol–water partition coefficient (Wildman–Crippen LogP) is 2.62. The van der Waals surface area contributed by atoms with E-state index in [0.29, 0.717) is 14.9 Å². The monoisotopic (exact) mass is 233 g/mol. The van der Waals surface area contributed by atoms with Gasteiger partial charge in [0.05, 0.1) is 26.8 Å². The molecule has 0 saturated heterocycles. The first-order valence-electron chi connectivity index (χ1n) is 3.35. The van der Waals surface area contributed by atoms with E-state index in [0.717, 1.165) is 0 Å². The maximum Gasteiger partial charge on any atom is 0.115 e. The van der Waals surface area contributed by atoms with Crippen molar-refractivity contribution in [1.29, 1.82) is 5.26 Å². The van der Waals surface area contributed by atoms with Crippen LogP contribution in [0.5, 0.6) is 0 Å². The number of benzene rings is 1. The van der Waals surface area contributed by atoms with Crippen LogP contribution in [0.3, 0.4) is 0 Å². The van der Waals surface area contributed by atoms with E-state index in [1.165, 1.54) is 6.07 Å². The minimum absolute atomic E-state index is 0.0694. The van der Waals surface area contributed by atoms with Crippen LogP contribution in [-0.4, -0.2) is 9.96 Å². The molecule has 0 spiro atoms. The second-order valence-corrected chi connectivity index (χ2v) is 4.49. The molecule has 0 radical (unpaired) electrons. The molecule has 0 aliphatic rings. The van der Waals surface area contributed by atoms with Crippen LogP contribution in [0.25, 0.3) is 0 Å². The molecule has 0 N–H and O–H groups in total. The average Bonchev–Trinajstić information content (AvgIpc) is 2.09. The zero-order valence-corrected chi connectivity index (χ0v) is 8.79. The number of hydrogen-bond donors (Lipinski definition) is 0. The van der Waals surface area contributed by atoms with Gasteiger partial charge in [0.2, 0.25) is 0 Å². The molecule has 1 atom stereocenters. The lowest BCUT2D eigenvalue weighted by molar-refractivity contribution is 0.685. The van der Waals surface area contributed by atoms with Gasteiger partial charge in [-0.1, -0.05) is 23.2 Å². The molecule has 1 unspecified atom stereocenters. The summed E-state index contributed by atoms with van der Waals surface area (Å²) in [5, 5.41) is 9.18. The van der Waals surface area contributed by atoms with Crippen molar-refractivity contribution >= 4 is 34.0 Å². The quantitative estimate of drug-likeness (QED) is 0.789. The average molecular weight is 234 g/mol. The molecular formula is C8H5Cl2NOS. The minimum Gasteiger partial charge on any atom is -0.253 e. The molecule has 0 aliphatic heterocycles. The van der Waals surface area contributed by atoms with Gasteiger partial charge in [0, 0.05) is 5.02 Å². The van der Waals surface area contributed by atoms with Crippen molar-refractivity contribution < 1.29 is 4.21 Å². The second kappa shape index (κ2) is 4.61. The van der Waals surface area contributed by atoms with E-state index >= 15 is 0 Å². The van der Waals surface area contributed by atoms with Crippen LogP contribution in [-0.2, 0) is 10.8 Å². The Morgan fingerprint density at radius 1 is 1.46 bits per heavy atom. The topological polar surface area (TPSA) is 40.9 Å². The Hall–Kier alpha value is -0.560. The van der Waals surface area contributed by atoms with Gasteiger partial charge >= 0.3 is 0 Å². The Labute approximate surface area is 88.5 Å². The van der Waals surface area contributed by atoms with Crippen molar-refractivity contribution in [3.8, 4) is 6.07 Å². The standard InChI is InChI=1S/C8H5Cl2NOS/c9-6-1-2-7(10)8(5-6)13(12)4-3-11/h1-2,5H,4H2. The van der Waals surface area contributed by atoms with Gasteiger partial charge in [-0.2, -0.15) is 5.26 Å². The zero-order valence-electron chi connectivity index (χ0n) is 6.46. The van der Waals surface area contributed by atoms with Crippen LogP contribution in [0.1, 0.15) is 0 Å². The van der Waals surface area contributed by atoms with Crippen molar-refractivity contribution in [2.45, 2.75) is 4.90 Å². The maximum atomic E-state index is 11.4. The molecule has 0 fully saturated rings. The smallest absolute Gasteiger partial charge is 0.115 e. The van der Waals surface area contributed by atoms with Gasteiger partial charge in [-0.15, -0.1) is 0 Å². The van der Waals surface area contributed by atoms with E-state index < -0.39 is 10.8 Å². The summed E-state index contributed by atoms with van der Waals surface area (Å²) in [4.78, 5) is 0.413. The normalized spacial score (nSPS) is 12.1. The highest BCUT2D eigenvalue weighted by Crippen LogP contribution is 2.23. The lowest BCUT2D eigenvalue weighted by atomic mass is 10.4. The lowest BCUT2D eigenvalue weighted by Gasteiger charge is -2.00. The third-order valence-corrected chi connectivity index (χ3v) is 3.23. The van der Waals surface area contributed by atoms with Gasteiger partial charge in [-0.3, -0.25) is 4.21 Å². The molecular weight excluding hydrogens is 229 g/mol. The lowest BCUT2D eigenvalue weighted by Crippen LogP contribution is -1.96. The summed E-state index contributed by atoms with van der Waals surface area (Å²) in [6.45, 7) is 0. The third kappa shape index (κ3) is 2.70. The van der Waals surface area contributed by atoms with E-state index in [2.05, 4.69) is 0 Å². The van der Waals surface area contributed by atoms with E-state index in [1.54, 1.807) is 12.1 Å². The fourth-order valence-electron chi connectivity index (χ4n) is 0.788. The van der Waals surface area contributed by atoms with Crippen molar-refractivity contribution in [2.24, 2.45) is 0 Å². The molecule has 2 nitrogen and oxygen atoms in total. The van der Waals surface area contributed by atoms with E-state index in [9.17, 15) is 4.21 Å². The molecule has 1 aromatic rings. The number of halogens is 2. The molecule has 0 aliphatic carbocycles. The van der Waals surface area contributed by atoms with Gasteiger partial charge in [-0.25, -0.2) is 0 Å². The van der Waals surface area contributed by atoms with Crippen LogP contribution in [0, 0.1) is 11.3 Å². The van der Waals surface area contributed by atoms with E-state index in [1.807, 2.05) is 6.07 Å². The predicted molar refractivity (Wildman–Crippen MR) is 53.4 cm³/mol. The summed E-state index contributed by atoms with van der Waals surface area (Å²) >= 11 is 11.5. The maximum absolute atomic E-state index is 11.4. The Morgan fingerprint density at radius 2 is 2.15 bits per heavy atom. The Kier molecular flexibility index (Phi) is 3.73. The second-order valence-electron chi connectivity index (χ2n) is 2.22. The van der Waals surface area contributed by atoms with Crippen molar-refractivity contribution in [2.75, 3.05) is 5.75 Å². The first kappa shape index (κ1) is 10.5. The number of rotatable bonds is 2. The molecule has 0 saturated carbocycles. The van der Waals surface area contributed by atoms with Crippen molar-refractivity contribution in [3.05, 3.63) is 28.2 Å². The highest BCUT2D eigenvalue weighted by Gasteiger charge is 2.08. The fraction of sp³-hybridized carbons (Fsp3) is 0.125. The van der Waals surface area contributed by atoms with Crippen molar-refractivity contribution in [3.63, 3.8) is 0 Å². The van der Waals surface area contributed by atoms with E-state index in [-0.39, 0.29) is 5.75 Å². The summed E-state index contributed by atoms with van der Waals surface area (Å²) in [6.07, 6.45) is 0. The molecule has 0 heterocycles. The van der Waals surface area contributed by atoms with Crippen LogP contribution < -0.4 is 0 Å². The molecule has 68 valence electrons. The molecule has 1 aromatic carbocycles. The summed E-state index contributed by atoms with van der Waals surface area (Å²) in [7, 11) is -1.38. The zero-order chi connectivity index (χ0) is 9.84. The van der Waals surface area contributed by atoms with Gasteiger partial charge in [-0.05, 0) is 18.2 Å². The SMILES string of the molecule is N#CCS(=O)c1cc(Cl)ccc1Cl. The summed E-state index contributed by atoms with van der Waals surface area (Å²) in [5.74, 6) is -0.0694. The Balaban J connectivity index is 3.07. The molecule has 0 aromatic heterocycles. The van der Waals surface area contributed by atoms with Gasteiger partial charge in [0.15, 0.2) is 0 Å². The third-order valence-electron chi connectivity index (χ3n) is 1.33. The number of nitrogens with zero attached hydrogens (tertiary/aromatic N) is 1. The first-order valence-corrected chi connectivity index (χ1v) is 5.43. The molecule has 5 heteroatoms. The highest BCUT2D eigenvalue weighted by molar-refractivity contribution is 7.85. The summed E-state index contributed by atoms with van der Waals surface area (Å²) in [6, 6.07) is 6.49. The van der Waals surface area contributed by atoms with Gasteiger partial charge in [0.1, 0.15) is 5.75 Å². The van der Waals surface area contributed by atoms with Gasteiger partial charge < -0.3 is 0 Å². The Morgan fingerprint density at radius 3 is 2.77 bits per heavy atom. The largest absolute Gasteiger partial charge is 0.253 e. The highest BCUT2D eigenvalue weighted by atomic mass is 35.5. The van der Waals surface area contributed by atoms with E-state index in [4.69, 9.17) is 28.5 Å². The molecule has 0 bridgehead atoms. The molecule has 1 rings (SSSR count). The van der Waals surface area contributed by atoms with Crippen LogP contribution in [0.4, 0.5) is 0 Å². The number of hydrogen-bond acceptors (Lipinski definition) is 2. The van der Waals surface area contributed by atoms with Crippen LogP contribution in [0.15, 0.2) is 23.1 Å². The Bertz CT molecular complexity index is 386. The number of nitriles is 1. The van der Waals surface area contributed by atoms with Crippen LogP contribution >= 0.6 is 23.2 Å². The summed E-state index contributed by atoms with van der Waals surface area (Å²) < 4.78 is 11.4. The first-order chi connectivity index (χ1) is 6.15. The molecule has 0 amide bonds. The fourth-order valence-corrected chi connectivity index (χ4v) is 2.22. The van der Waals surface area contributed by atoms with Crippen molar-refractivity contribution in [1.82, 2.24) is 0 Å². The minimum atomic E-state index is -1.38. The van der Waals surface area contributed by atoms with Crippen LogP contribution in [0.2, 0.25) is 10.0 Å². The van der Waals surface area contributed by atoms with Gasteiger partial charge in [0.25, 0.3) is 0 Å².